The zero-order valence-electron chi connectivity index (χ0n) is 12.0. The molecule has 0 unspecified atom stereocenters. The highest BCUT2D eigenvalue weighted by molar-refractivity contribution is 6.39. The van der Waals surface area contributed by atoms with E-state index in [1.54, 1.807) is 0 Å². The van der Waals surface area contributed by atoms with Gasteiger partial charge in [0.15, 0.2) is 0 Å². The lowest BCUT2D eigenvalue weighted by Crippen LogP contribution is -2.09. The van der Waals surface area contributed by atoms with Crippen LogP contribution in [0.5, 0.6) is 0 Å². The Morgan fingerprint density at radius 2 is 1.86 bits per heavy atom. The highest BCUT2D eigenvalue weighted by Crippen LogP contribution is 2.31. The van der Waals surface area contributed by atoms with E-state index in [4.69, 9.17) is 23.2 Å². The first-order valence-corrected chi connectivity index (χ1v) is 7.73. The number of nitrogens with one attached hydrogen (secondary N) is 1. The van der Waals surface area contributed by atoms with Crippen molar-refractivity contribution in [2.45, 2.75) is 39.3 Å². The Kier molecular flexibility index (Phi) is 5.48. The molecule has 2 aromatic rings. The second-order valence-corrected chi connectivity index (χ2v) is 5.67. The van der Waals surface area contributed by atoms with Gasteiger partial charge in [-0.2, -0.15) is 5.10 Å². The number of benzene rings is 1. The predicted molar refractivity (Wildman–Crippen MR) is 85.6 cm³/mol. The minimum Gasteiger partial charge on any atom is -0.377 e. The topological polar surface area (TPSA) is 29.9 Å². The Morgan fingerprint density at radius 1 is 1.24 bits per heavy atom. The molecule has 0 amide bonds. The minimum absolute atomic E-state index is 0.263. The molecular formula is C15H18Cl2FN3. The zero-order chi connectivity index (χ0) is 15.4. The van der Waals surface area contributed by atoms with E-state index in [-0.39, 0.29) is 10.0 Å². The van der Waals surface area contributed by atoms with E-state index in [0.717, 1.165) is 18.5 Å². The number of hydrogen-bond acceptors (Lipinski definition) is 2. The monoisotopic (exact) mass is 329 g/mol. The van der Waals surface area contributed by atoms with Gasteiger partial charge in [-0.25, -0.2) is 4.39 Å². The van der Waals surface area contributed by atoms with E-state index in [2.05, 4.69) is 24.3 Å². The lowest BCUT2D eigenvalue weighted by molar-refractivity contribution is 0.426. The summed E-state index contributed by atoms with van der Waals surface area (Å²) in [6.07, 6.45) is 4.06. The van der Waals surface area contributed by atoms with Gasteiger partial charge in [-0.15, -0.1) is 0 Å². The first kappa shape index (κ1) is 16.1. The van der Waals surface area contributed by atoms with Gasteiger partial charge in [0, 0.05) is 6.20 Å². The van der Waals surface area contributed by atoms with Crippen molar-refractivity contribution in [1.82, 2.24) is 9.78 Å². The smallest absolute Gasteiger partial charge is 0.126 e. The molecular weight excluding hydrogens is 312 g/mol. The Bertz CT molecular complexity index is 586. The number of halogens is 3. The number of anilines is 1. The van der Waals surface area contributed by atoms with Gasteiger partial charge < -0.3 is 5.32 Å². The van der Waals surface area contributed by atoms with Crippen LogP contribution in [0.2, 0.25) is 10.0 Å². The summed E-state index contributed by atoms with van der Waals surface area (Å²) >= 11 is 12.0. The third-order valence-corrected chi connectivity index (χ3v) is 4.03. The summed E-state index contributed by atoms with van der Waals surface area (Å²) in [7, 11) is 0. The summed E-state index contributed by atoms with van der Waals surface area (Å²) in [6.45, 7) is 4.77. The molecule has 0 aliphatic heterocycles. The Hall–Kier alpha value is -1.26. The van der Waals surface area contributed by atoms with Crippen molar-refractivity contribution in [1.29, 1.82) is 0 Å². The molecule has 0 atom stereocenters. The molecule has 0 radical (unpaired) electrons. The molecule has 1 heterocycles. The van der Waals surface area contributed by atoms with Crippen molar-refractivity contribution in [2.24, 2.45) is 0 Å². The van der Waals surface area contributed by atoms with Gasteiger partial charge in [-0.05, 0) is 31.0 Å². The lowest BCUT2D eigenvalue weighted by Gasteiger charge is -2.13. The molecule has 1 aromatic carbocycles. The van der Waals surface area contributed by atoms with Crippen molar-refractivity contribution >= 4 is 28.9 Å². The number of nitrogens with zero attached hydrogens (tertiary/aromatic N) is 2. The quantitative estimate of drug-likeness (QED) is 0.779. The van der Waals surface area contributed by atoms with Crippen LogP contribution in [-0.4, -0.2) is 9.78 Å². The summed E-state index contributed by atoms with van der Waals surface area (Å²) in [5.41, 5.74) is 1.41. The second kappa shape index (κ2) is 7.14. The van der Waals surface area contributed by atoms with Crippen molar-refractivity contribution in [3.05, 3.63) is 46.0 Å². The van der Waals surface area contributed by atoms with Crippen LogP contribution in [0.25, 0.3) is 0 Å². The second-order valence-electron chi connectivity index (χ2n) is 4.86. The van der Waals surface area contributed by atoms with E-state index < -0.39 is 5.82 Å². The van der Waals surface area contributed by atoms with Crippen LogP contribution in [0.15, 0.2) is 24.4 Å². The average molecular weight is 330 g/mol. The molecule has 0 bridgehead atoms. The maximum Gasteiger partial charge on any atom is 0.126 e. The normalized spacial score (nSPS) is 11.1. The fourth-order valence-corrected chi connectivity index (χ4v) is 2.82. The van der Waals surface area contributed by atoms with Gasteiger partial charge >= 0.3 is 0 Å². The Labute approximate surface area is 134 Å². The summed E-state index contributed by atoms with van der Waals surface area (Å²) in [6, 6.07) is 4.84. The maximum atomic E-state index is 13.1. The molecule has 0 aliphatic carbocycles. The first-order valence-electron chi connectivity index (χ1n) is 6.97. The fraction of sp³-hybridized carbons (Fsp3) is 0.400. The van der Waals surface area contributed by atoms with E-state index in [1.165, 1.54) is 12.1 Å². The number of aromatic nitrogens is 2. The number of rotatable bonds is 6. The van der Waals surface area contributed by atoms with Crippen LogP contribution in [-0.2, 0) is 6.54 Å². The first-order chi connectivity index (χ1) is 10.0. The van der Waals surface area contributed by atoms with Crippen LogP contribution in [0.3, 0.4) is 0 Å². The summed E-state index contributed by atoms with van der Waals surface area (Å²) in [4.78, 5) is 0. The average Bonchev–Trinajstić information content (AvgIpc) is 2.87. The van der Waals surface area contributed by atoms with E-state index in [9.17, 15) is 4.39 Å². The third-order valence-electron chi connectivity index (χ3n) is 3.43. The molecule has 2 rings (SSSR count). The predicted octanol–water partition coefficient (Wildman–Crippen LogP) is 5.30. The molecule has 0 aliphatic rings. The van der Waals surface area contributed by atoms with E-state index in [1.807, 2.05) is 16.9 Å². The Balaban J connectivity index is 2.07. The third kappa shape index (κ3) is 3.89. The SMILES string of the molecule is CCC(CC)n1ccc(CNc2c(Cl)cc(F)cc2Cl)n1. The van der Waals surface area contributed by atoms with Crippen LogP contribution < -0.4 is 5.32 Å². The molecule has 3 nitrogen and oxygen atoms in total. The van der Waals surface area contributed by atoms with Gasteiger partial charge in [-0.1, -0.05) is 37.0 Å². The van der Waals surface area contributed by atoms with Crippen molar-refractivity contribution in [3.63, 3.8) is 0 Å². The Morgan fingerprint density at radius 3 is 2.43 bits per heavy atom. The standard InChI is InChI=1S/C15H18Cl2FN3/c1-3-12(4-2)21-6-5-11(20-21)9-19-15-13(16)7-10(18)8-14(15)17/h5-8,12,19H,3-4,9H2,1-2H3. The summed E-state index contributed by atoms with van der Waals surface area (Å²) in [5, 5.41) is 8.17. The molecule has 0 fully saturated rings. The van der Waals surface area contributed by atoms with Gasteiger partial charge in [0.05, 0.1) is 34.0 Å². The van der Waals surface area contributed by atoms with Crippen molar-refractivity contribution in [3.8, 4) is 0 Å². The summed E-state index contributed by atoms with van der Waals surface area (Å²) < 4.78 is 15.1. The molecule has 0 spiro atoms. The van der Waals surface area contributed by atoms with Crippen molar-refractivity contribution < 1.29 is 4.39 Å². The van der Waals surface area contributed by atoms with Crippen LogP contribution in [0, 0.1) is 5.82 Å². The van der Waals surface area contributed by atoms with Crippen LogP contribution in [0.4, 0.5) is 10.1 Å². The van der Waals surface area contributed by atoms with Crippen molar-refractivity contribution in [2.75, 3.05) is 5.32 Å². The minimum atomic E-state index is -0.450. The molecule has 21 heavy (non-hydrogen) atoms. The zero-order valence-corrected chi connectivity index (χ0v) is 13.5. The molecule has 114 valence electrons. The molecule has 0 saturated heterocycles. The largest absolute Gasteiger partial charge is 0.377 e. The molecule has 1 aromatic heterocycles. The highest BCUT2D eigenvalue weighted by Gasteiger charge is 2.10. The molecule has 1 N–H and O–H groups in total. The van der Waals surface area contributed by atoms with E-state index in [0.29, 0.717) is 18.3 Å². The molecule has 6 heteroatoms. The van der Waals surface area contributed by atoms with Crippen LogP contribution in [0.1, 0.15) is 38.4 Å². The summed E-state index contributed by atoms with van der Waals surface area (Å²) in [5.74, 6) is -0.450. The fourth-order valence-electron chi connectivity index (χ4n) is 2.23. The maximum absolute atomic E-state index is 13.1. The molecule has 0 saturated carbocycles. The van der Waals surface area contributed by atoms with Gasteiger partial charge in [0.2, 0.25) is 0 Å². The van der Waals surface area contributed by atoms with Gasteiger partial charge in [0.25, 0.3) is 0 Å². The van der Waals surface area contributed by atoms with Gasteiger partial charge in [-0.3, -0.25) is 4.68 Å². The lowest BCUT2D eigenvalue weighted by atomic mass is 10.2. The number of hydrogen-bond donors (Lipinski definition) is 1. The van der Waals surface area contributed by atoms with Gasteiger partial charge in [0.1, 0.15) is 5.82 Å². The van der Waals surface area contributed by atoms with E-state index >= 15 is 0 Å². The highest BCUT2D eigenvalue weighted by atomic mass is 35.5. The van der Waals surface area contributed by atoms with Crippen LogP contribution >= 0.6 is 23.2 Å².